The Morgan fingerprint density at radius 2 is 2.25 bits per heavy atom. The molecule has 1 aliphatic carbocycles. The Bertz CT molecular complexity index is 616. The number of hydrogen-bond acceptors (Lipinski definition) is 3. The fourth-order valence-corrected chi connectivity index (χ4v) is 2.08. The zero-order valence-corrected chi connectivity index (χ0v) is 11.5. The number of hydrogen-bond donors (Lipinski definition) is 2. The lowest BCUT2D eigenvalue weighted by molar-refractivity contribution is 0.0957. The molecule has 1 fully saturated rings. The number of rotatable bonds is 5. The van der Waals surface area contributed by atoms with Gasteiger partial charge in [-0.25, -0.2) is 4.68 Å². The molecule has 1 heterocycles. The predicted octanol–water partition coefficient (Wildman–Crippen LogP) is 1.48. The van der Waals surface area contributed by atoms with Crippen LogP contribution in [0, 0.1) is 0 Å². The summed E-state index contributed by atoms with van der Waals surface area (Å²) in [6.45, 7) is 0.877. The van der Waals surface area contributed by atoms with Crippen LogP contribution in [0.2, 0.25) is 0 Å². The van der Waals surface area contributed by atoms with Crippen molar-refractivity contribution in [1.29, 1.82) is 0 Å². The van der Waals surface area contributed by atoms with E-state index in [1.54, 1.807) is 24.0 Å². The van der Waals surface area contributed by atoms with E-state index in [0.717, 1.165) is 12.2 Å². The van der Waals surface area contributed by atoms with Crippen molar-refractivity contribution < 1.29 is 4.79 Å². The summed E-state index contributed by atoms with van der Waals surface area (Å²) in [6, 6.07) is 10.6. The highest BCUT2D eigenvalue weighted by Gasteiger charge is 2.19. The molecule has 0 bridgehead atoms. The first-order valence-corrected chi connectivity index (χ1v) is 6.87. The smallest absolute Gasteiger partial charge is 0.271 e. The Morgan fingerprint density at radius 1 is 1.40 bits per heavy atom. The molecule has 1 aromatic carbocycles. The number of amides is 1. The monoisotopic (exact) mass is 270 g/mol. The molecule has 1 saturated carbocycles. The van der Waals surface area contributed by atoms with E-state index in [4.69, 9.17) is 0 Å². The van der Waals surface area contributed by atoms with Crippen molar-refractivity contribution in [2.24, 2.45) is 0 Å². The van der Waals surface area contributed by atoms with E-state index in [1.807, 2.05) is 12.1 Å². The van der Waals surface area contributed by atoms with E-state index >= 15 is 0 Å². The Hall–Kier alpha value is -2.14. The van der Waals surface area contributed by atoms with Gasteiger partial charge in [-0.3, -0.25) is 4.79 Å². The summed E-state index contributed by atoms with van der Waals surface area (Å²) in [5.74, 6) is -0.171. The van der Waals surface area contributed by atoms with Gasteiger partial charge >= 0.3 is 0 Å². The maximum absolute atomic E-state index is 11.5. The quantitative estimate of drug-likeness (QED) is 0.865. The molecule has 0 radical (unpaired) electrons. The van der Waals surface area contributed by atoms with Crippen LogP contribution < -0.4 is 10.6 Å². The minimum absolute atomic E-state index is 0.171. The molecule has 1 aromatic heterocycles. The van der Waals surface area contributed by atoms with Crippen LogP contribution in [0.4, 0.5) is 0 Å². The maximum atomic E-state index is 11.5. The van der Waals surface area contributed by atoms with Crippen molar-refractivity contribution in [2.45, 2.75) is 25.4 Å². The van der Waals surface area contributed by atoms with Gasteiger partial charge in [0, 0.05) is 25.8 Å². The lowest BCUT2D eigenvalue weighted by Gasteiger charge is -2.06. The molecule has 0 aliphatic heterocycles. The summed E-state index contributed by atoms with van der Waals surface area (Å²) in [5, 5.41) is 10.3. The zero-order chi connectivity index (χ0) is 13.9. The van der Waals surface area contributed by atoms with Gasteiger partial charge in [0.2, 0.25) is 0 Å². The molecule has 3 rings (SSSR count). The molecule has 5 heteroatoms. The predicted molar refractivity (Wildman–Crippen MR) is 76.8 cm³/mol. The van der Waals surface area contributed by atoms with Gasteiger partial charge in [-0.15, -0.1) is 0 Å². The average Bonchev–Trinajstić information content (AvgIpc) is 3.19. The van der Waals surface area contributed by atoms with Crippen LogP contribution in [0.15, 0.2) is 36.5 Å². The van der Waals surface area contributed by atoms with Crippen LogP contribution >= 0.6 is 0 Å². The molecule has 2 N–H and O–H groups in total. The number of benzene rings is 1. The Morgan fingerprint density at radius 3 is 3.00 bits per heavy atom. The Kier molecular flexibility index (Phi) is 3.52. The largest absolute Gasteiger partial charge is 0.354 e. The van der Waals surface area contributed by atoms with Gasteiger partial charge < -0.3 is 10.6 Å². The molecular formula is C15H18N4O. The number of carbonyl (C=O) groups excluding carboxylic acids is 1. The van der Waals surface area contributed by atoms with Crippen LogP contribution in [0.25, 0.3) is 5.69 Å². The Labute approximate surface area is 118 Å². The minimum Gasteiger partial charge on any atom is -0.354 e. The van der Waals surface area contributed by atoms with Gasteiger partial charge in [-0.05, 0) is 36.6 Å². The highest BCUT2D eigenvalue weighted by Crippen LogP contribution is 2.19. The van der Waals surface area contributed by atoms with E-state index in [2.05, 4.69) is 27.9 Å². The molecule has 104 valence electrons. The van der Waals surface area contributed by atoms with E-state index < -0.39 is 0 Å². The molecule has 1 aliphatic rings. The highest BCUT2D eigenvalue weighted by atomic mass is 16.1. The lowest BCUT2D eigenvalue weighted by Crippen LogP contribution is -2.18. The summed E-state index contributed by atoms with van der Waals surface area (Å²) in [6.07, 6.45) is 4.38. The van der Waals surface area contributed by atoms with Crippen LogP contribution in [0.5, 0.6) is 0 Å². The van der Waals surface area contributed by atoms with Gasteiger partial charge in [0.25, 0.3) is 5.91 Å². The van der Waals surface area contributed by atoms with Gasteiger partial charge in [0.1, 0.15) is 0 Å². The van der Waals surface area contributed by atoms with Crippen LogP contribution in [-0.2, 0) is 6.54 Å². The van der Waals surface area contributed by atoms with Gasteiger partial charge in [-0.1, -0.05) is 12.1 Å². The summed E-state index contributed by atoms with van der Waals surface area (Å²) in [7, 11) is 1.60. The maximum Gasteiger partial charge on any atom is 0.271 e. The molecule has 2 aromatic rings. The van der Waals surface area contributed by atoms with Crippen LogP contribution in [-0.4, -0.2) is 28.8 Å². The van der Waals surface area contributed by atoms with E-state index in [-0.39, 0.29) is 5.91 Å². The number of nitrogens with zero attached hydrogens (tertiary/aromatic N) is 2. The summed E-state index contributed by atoms with van der Waals surface area (Å²) in [5.41, 5.74) is 2.62. The van der Waals surface area contributed by atoms with Crippen molar-refractivity contribution in [3.05, 3.63) is 47.8 Å². The molecule has 0 atom stereocenters. The summed E-state index contributed by atoms with van der Waals surface area (Å²) in [4.78, 5) is 11.5. The summed E-state index contributed by atoms with van der Waals surface area (Å²) >= 11 is 0. The lowest BCUT2D eigenvalue weighted by atomic mass is 10.2. The molecule has 0 spiro atoms. The molecular weight excluding hydrogens is 252 g/mol. The van der Waals surface area contributed by atoms with Crippen molar-refractivity contribution in [3.63, 3.8) is 0 Å². The van der Waals surface area contributed by atoms with Crippen molar-refractivity contribution in [2.75, 3.05) is 7.05 Å². The van der Waals surface area contributed by atoms with Crippen molar-refractivity contribution in [1.82, 2.24) is 20.4 Å². The van der Waals surface area contributed by atoms with E-state index in [1.165, 1.54) is 18.4 Å². The minimum atomic E-state index is -0.171. The molecule has 5 nitrogen and oxygen atoms in total. The number of carbonyl (C=O) groups is 1. The second-order valence-corrected chi connectivity index (χ2v) is 5.05. The van der Waals surface area contributed by atoms with Crippen LogP contribution in [0.1, 0.15) is 28.9 Å². The molecule has 0 saturated heterocycles. The van der Waals surface area contributed by atoms with Crippen molar-refractivity contribution in [3.8, 4) is 5.69 Å². The zero-order valence-electron chi connectivity index (χ0n) is 11.5. The Balaban J connectivity index is 1.76. The first-order valence-electron chi connectivity index (χ1n) is 6.87. The van der Waals surface area contributed by atoms with E-state index in [0.29, 0.717) is 11.7 Å². The number of aromatic nitrogens is 2. The number of nitrogens with one attached hydrogen (secondary N) is 2. The third kappa shape index (κ3) is 2.88. The second-order valence-electron chi connectivity index (χ2n) is 5.05. The third-order valence-corrected chi connectivity index (χ3v) is 3.40. The molecule has 1 amide bonds. The van der Waals surface area contributed by atoms with Gasteiger partial charge in [-0.2, -0.15) is 5.10 Å². The van der Waals surface area contributed by atoms with E-state index in [9.17, 15) is 4.79 Å². The van der Waals surface area contributed by atoms with Gasteiger partial charge in [0.05, 0.1) is 5.69 Å². The second kappa shape index (κ2) is 5.46. The summed E-state index contributed by atoms with van der Waals surface area (Å²) < 4.78 is 1.73. The highest BCUT2D eigenvalue weighted by molar-refractivity contribution is 5.91. The molecule has 20 heavy (non-hydrogen) atoms. The third-order valence-electron chi connectivity index (χ3n) is 3.40. The van der Waals surface area contributed by atoms with Crippen LogP contribution in [0.3, 0.4) is 0 Å². The van der Waals surface area contributed by atoms with Crippen molar-refractivity contribution >= 4 is 5.91 Å². The van der Waals surface area contributed by atoms with Gasteiger partial charge in [0.15, 0.2) is 5.69 Å². The SMILES string of the molecule is CNC(=O)c1ccn(-c2cccc(CNC3CC3)c2)n1. The standard InChI is InChI=1S/C15H18N4O/c1-16-15(20)14-7-8-19(18-14)13-4-2-3-11(9-13)10-17-12-5-6-12/h2-4,7-9,12,17H,5-6,10H2,1H3,(H,16,20). The first kappa shape index (κ1) is 12.9. The molecule has 0 unspecified atom stereocenters. The first-order chi connectivity index (χ1) is 9.76. The fraction of sp³-hybridized carbons (Fsp3) is 0.333. The topological polar surface area (TPSA) is 59.0 Å². The fourth-order valence-electron chi connectivity index (χ4n) is 2.08. The normalized spacial score (nSPS) is 14.2. The average molecular weight is 270 g/mol.